The third-order valence-electron chi connectivity index (χ3n) is 2.25. The molecule has 112 valence electrons. The number of fused-ring (bicyclic) bond motifs is 1. The molecule has 0 aliphatic rings. The van der Waals surface area contributed by atoms with Gasteiger partial charge >= 0.3 is 0 Å². The molecule has 0 atom stereocenters. The van der Waals surface area contributed by atoms with Gasteiger partial charge in [0.2, 0.25) is 5.95 Å². The Morgan fingerprint density at radius 2 is 1.70 bits per heavy atom. The van der Waals surface area contributed by atoms with Crippen LogP contribution in [0.5, 0.6) is 0 Å². The molecular weight excluding hydrogens is 253 g/mol. The Morgan fingerprint density at radius 3 is 2.20 bits per heavy atom. The van der Waals surface area contributed by atoms with Gasteiger partial charge in [0.25, 0.3) is 0 Å². The van der Waals surface area contributed by atoms with E-state index in [0.717, 1.165) is 11.1 Å². The normalized spacial score (nSPS) is 9.60. The van der Waals surface area contributed by atoms with Crippen LogP contribution < -0.4 is 5.73 Å². The summed E-state index contributed by atoms with van der Waals surface area (Å²) < 4.78 is 13.1. The van der Waals surface area contributed by atoms with Crippen molar-refractivity contribution in [3.05, 3.63) is 29.7 Å². The molecule has 2 N–H and O–H groups in total. The first-order valence-corrected chi connectivity index (χ1v) is 7.22. The number of benzene rings is 1. The molecular formula is C16H26FN3. The van der Waals surface area contributed by atoms with Gasteiger partial charge in [0.1, 0.15) is 5.82 Å². The summed E-state index contributed by atoms with van der Waals surface area (Å²) in [6.07, 6.45) is 1.25. The van der Waals surface area contributed by atoms with Crippen LogP contribution in [0, 0.1) is 5.82 Å². The van der Waals surface area contributed by atoms with Crippen molar-refractivity contribution < 1.29 is 4.39 Å². The largest absolute Gasteiger partial charge is 0.368 e. The molecule has 2 rings (SSSR count). The van der Waals surface area contributed by atoms with E-state index in [1.807, 2.05) is 27.7 Å². The molecule has 20 heavy (non-hydrogen) atoms. The highest BCUT2D eigenvalue weighted by molar-refractivity contribution is 5.82. The van der Waals surface area contributed by atoms with Gasteiger partial charge in [-0.1, -0.05) is 48.0 Å². The molecule has 0 amide bonds. The summed E-state index contributed by atoms with van der Waals surface area (Å²) in [5.74, 6) is 0.148. The average molecular weight is 279 g/mol. The van der Waals surface area contributed by atoms with E-state index in [0.29, 0.717) is 5.52 Å². The standard InChI is InChI=1S/C11H12FN3.C3H8.C2H6/c1-6(2)10-8-5-7(12)3-4-9(8)14-11(13)15-10;1-3-2;1-2/h3-6H,1-2H3,(H2,13,14,15);3H2,1-2H3;1-2H3. The molecule has 0 bridgehead atoms. The van der Waals surface area contributed by atoms with Crippen molar-refractivity contribution in [1.82, 2.24) is 9.97 Å². The van der Waals surface area contributed by atoms with Gasteiger partial charge in [-0.05, 0) is 24.1 Å². The zero-order chi connectivity index (χ0) is 15.7. The maximum atomic E-state index is 13.1. The summed E-state index contributed by atoms with van der Waals surface area (Å²) in [6.45, 7) is 12.2. The maximum absolute atomic E-state index is 13.1. The van der Waals surface area contributed by atoms with Crippen molar-refractivity contribution in [1.29, 1.82) is 0 Å². The smallest absolute Gasteiger partial charge is 0.220 e. The van der Waals surface area contributed by atoms with Crippen molar-refractivity contribution in [2.24, 2.45) is 0 Å². The minimum Gasteiger partial charge on any atom is -0.368 e. The highest BCUT2D eigenvalue weighted by Gasteiger charge is 2.10. The number of hydrogen-bond acceptors (Lipinski definition) is 3. The minimum absolute atomic E-state index is 0.194. The lowest BCUT2D eigenvalue weighted by molar-refractivity contribution is 0.629. The molecule has 0 spiro atoms. The van der Waals surface area contributed by atoms with Crippen LogP contribution in [0.4, 0.5) is 10.3 Å². The molecule has 0 saturated carbocycles. The van der Waals surface area contributed by atoms with E-state index in [1.165, 1.54) is 18.6 Å². The van der Waals surface area contributed by atoms with Crippen LogP contribution in [0.1, 0.15) is 59.6 Å². The summed E-state index contributed by atoms with van der Waals surface area (Å²) in [5, 5.41) is 0.735. The van der Waals surface area contributed by atoms with Crippen LogP contribution in [0.3, 0.4) is 0 Å². The zero-order valence-corrected chi connectivity index (χ0v) is 13.4. The molecule has 3 nitrogen and oxygen atoms in total. The van der Waals surface area contributed by atoms with Crippen LogP contribution in [-0.4, -0.2) is 9.97 Å². The number of aromatic nitrogens is 2. The van der Waals surface area contributed by atoms with Crippen LogP contribution in [0.15, 0.2) is 18.2 Å². The number of hydrogen-bond donors (Lipinski definition) is 1. The number of nitrogens with zero attached hydrogens (tertiary/aromatic N) is 2. The molecule has 0 aliphatic carbocycles. The van der Waals surface area contributed by atoms with Gasteiger partial charge in [0.05, 0.1) is 11.2 Å². The topological polar surface area (TPSA) is 51.8 Å². The van der Waals surface area contributed by atoms with Gasteiger partial charge < -0.3 is 5.73 Å². The van der Waals surface area contributed by atoms with E-state index < -0.39 is 0 Å². The van der Waals surface area contributed by atoms with E-state index in [9.17, 15) is 4.39 Å². The Bertz CT molecular complexity index is 524. The SMILES string of the molecule is CC.CC(C)c1nc(N)nc2ccc(F)cc12.CCC. The van der Waals surface area contributed by atoms with Gasteiger partial charge in [0, 0.05) is 5.39 Å². The molecule has 1 heterocycles. The second kappa shape index (κ2) is 9.23. The van der Waals surface area contributed by atoms with E-state index in [4.69, 9.17) is 5.73 Å². The molecule has 4 heteroatoms. The predicted molar refractivity (Wildman–Crippen MR) is 85.3 cm³/mol. The van der Waals surface area contributed by atoms with Crippen LogP contribution in [-0.2, 0) is 0 Å². The van der Waals surface area contributed by atoms with Crippen molar-refractivity contribution in [3.63, 3.8) is 0 Å². The Kier molecular flexibility index (Phi) is 8.45. The van der Waals surface area contributed by atoms with Gasteiger partial charge in [-0.25, -0.2) is 14.4 Å². The number of anilines is 1. The van der Waals surface area contributed by atoms with Gasteiger partial charge in [-0.15, -0.1) is 0 Å². The molecule has 1 aromatic heterocycles. The monoisotopic (exact) mass is 279 g/mol. The predicted octanol–water partition coefficient (Wildman–Crippen LogP) is 4.92. The second-order valence-electron chi connectivity index (χ2n) is 4.49. The van der Waals surface area contributed by atoms with E-state index in [-0.39, 0.29) is 17.7 Å². The van der Waals surface area contributed by atoms with E-state index in [2.05, 4.69) is 23.8 Å². The fourth-order valence-corrected chi connectivity index (χ4v) is 1.58. The van der Waals surface area contributed by atoms with Crippen LogP contribution >= 0.6 is 0 Å². The van der Waals surface area contributed by atoms with Crippen molar-refractivity contribution in [3.8, 4) is 0 Å². The lowest BCUT2D eigenvalue weighted by atomic mass is 10.0. The summed E-state index contributed by atoms with van der Waals surface area (Å²) in [6, 6.07) is 4.44. The fraction of sp³-hybridized carbons (Fsp3) is 0.500. The van der Waals surface area contributed by atoms with E-state index in [1.54, 1.807) is 6.07 Å². The summed E-state index contributed by atoms with van der Waals surface area (Å²) in [4.78, 5) is 8.20. The first-order valence-electron chi connectivity index (χ1n) is 7.22. The molecule has 0 fully saturated rings. The van der Waals surface area contributed by atoms with Gasteiger partial charge in [0.15, 0.2) is 0 Å². The molecule has 0 saturated heterocycles. The van der Waals surface area contributed by atoms with Gasteiger partial charge in [-0.2, -0.15) is 0 Å². The highest BCUT2D eigenvalue weighted by atomic mass is 19.1. The van der Waals surface area contributed by atoms with Crippen molar-refractivity contribution in [2.75, 3.05) is 5.73 Å². The number of halogens is 1. The minimum atomic E-state index is -0.280. The molecule has 1 aromatic carbocycles. The van der Waals surface area contributed by atoms with Gasteiger partial charge in [-0.3, -0.25) is 0 Å². The first-order chi connectivity index (χ1) is 9.49. The Hall–Kier alpha value is -1.71. The highest BCUT2D eigenvalue weighted by Crippen LogP contribution is 2.23. The fourth-order valence-electron chi connectivity index (χ4n) is 1.58. The van der Waals surface area contributed by atoms with Crippen molar-refractivity contribution in [2.45, 2.75) is 53.9 Å². The van der Waals surface area contributed by atoms with E-state index >= 15 is 0 Å². The third-order valence-corrected chi connectivity index (χ3v) is 2.25. The number of nitrogen functional groups attached to an aromatic ring is 1. The second-order valence-corrected chi connectivity index (χ2v) is 4.49. The Balaban J connectivity index is 0.000000641. The van der Waals surface area contributed by atoms with Crippen molar-refractivity contribution >= 4 is 16.9 Å². The molecule has 0 aliphatic heterocycles. The molecule has 2 aromatic rings. The molecule has 0 radical (unpaired) electrons. The summed E-state index contributed by atoms with van der Waals surface area (Å²) in [7, 11) is 0. The maximum Gasteiger partial charge on any atom is 0.220 e. The summed E-state index contributed by atoms with van der Waals surface area (Å²) >= 11 is 0. The zero-order valence-electron chi connectivity index (χ0n) is 13.4. The van der Waals surface area contributed by atoms with Crippen LogP contribution in [0.25, 0.3) is 10.9 Å². The Morgan fingerprint density at radius 1 is 1.15 bits per heavy atom. The molecule has 0 unspecified atom stereocenters. The quantitative estimate of drug-likeness (QED) is 0.806. The Labute approximate surface area is 121 Å². The number of rotatable bonds is 1. The summed E-state index contributed by atoms with van der Waals surface area (Å²) in [5.41, 5.74) is 7.06. The average Bonchev–Trinajstić information content (AvgIpc) is 2.41. The van der Waals surface area contributed by atoms with Crippen LogP contribution in [0.2, 0.25) is 0 Å². The number of nitrogens with two attached hydrogens (primary N) is 1. The lowest BCUT2D eigenvalue weighted by Gasteiger charge is -2.09. The first kappa shape index (κ1) is 18.3. The lowest BCUT2D eigenvalue weighted by Crippen LogP contribution is -2.02. The third kappa shape index (κ3) is 5.11.